The van der Waals surface area contributed by atoms with Crippen LogP contribution < -0.4 is 25.9 Å². The van der Waals surface area contributed by atoms with Crippen molar-refractivity contribution in [3.63, 3.8) is 0 Å². The van der Waals surface area contributed by atoms with Crippen molar-refractivity contribution in [3.05, 3.63) is 121 Å². The molecular formula is C33H31NSi2. The molecule has 4 aromatic carbocycles. The minimum absolute atomic E-state index is 1.06. The molecule has 176 valence electrons. The van der Waals surface area contributed by atoms with E-state index in [0.29, 0.717) is 0 Å². The fourth-order valence-corrected chi connectivity index (χ4v) is 13.0. The third-order valence-electron chi connectivity index (χ3n) is 7.67. The van der Waals surface area contributed by atoms with Gasteiger partial charge in [-0.25, -0.2) is 0 Å². The van der Waals surface area contributed by atoms with Gasteiger partial charge < -0.3 is 0 Å². The summed E-state index contributed by atoms with van der Waals surface area (Å²) in [5, 5.41) is 7.26. The molecule has 1 aliphatic heterocycles. The van der Waals surface area contributed by atoms with Gasteiger partial charge in [0.1, 0.15) is 0 Å². The average molecular weight is 498 g/mol. The maximum atomic E-state index is 4.96. The molecule has 1 aliphatic rings. The van der Waals surface area contributed by atoms with E-state index in [-0.39, 0.29) is 0 Å². The average Bonchev–Trinajstić information content (AvgIpc) is 3.19. The molecule has 0 saturated heterocycles. The van der Waals surface area contributed by atoms with E-state index in [1.165, 1.54) is 48.2 Å². The van der Waals surface area contributed by atoms with Crippen LogP contribution in [0.3, 0.4) is 0 Å². The summed E-state index contributed by atoms with van der Waals surface area (Å²) in [6, 6.07) is 40.8. The third-order valence-corrected chi connectivity index (χ3v) is 14.7. The van der Waals surface area contributed by atoms with E-state index in [4.69, 9.17) is 4.98 Å². The first-order valence-corrected chi connectivity index (χ1v) is 18.2. The highest BCUT2D eigenvalue weighted by molar-refractivity contribution is 7.22. The number of pyridine rings is 1. The largest absolute Gasteiger partial charge is 0.256 e. The van der Waals surface area contributed by atoms with E-state index < -0.39 is 16.1 Å². The lowest BCUT2D eigenvalue weighted by atomic mass is 10.0. The highest BCUT2D eigenvalue weighted by Crippen LogP contribution is 2.31. The number of aryl methyl sites for hydroxylation is 1. The Hall–Kier alpha value is -3.54. The second kappa shape index (κ2) is 8.54. The van der Waals surface area contributed by atoms with Gasteiger partial charge in [0.2, 0.25) is 0 Å². The zero-order valence-corrected chi connectivity index (χ0v) is 23.4. The predicted molar refractivity (Wildman–Crippen MR) is 160 cm³/mol. The van der Waals surface area contributed by atoms with E-state index in [0.717, 1.165) is 5.69 Å². The molecule has 0 fully saturated rings. The van der Waals surface area contributed by atoms with Gasteiger partial charge in [0.25, 0.3) is 0 Å². The lowest BCUT2D eigenvalue weighted by Gasteiger charge is -2.31. The first kappa shape index (κ1) is 22.9. The maximum Gasteiger partial charge on any atom is 0.180 e. The van der Waals surface area contributed by atoms with Crippen LogP contribution in [-0.4, -0.2) is 21.1 Å². The third kappa shape index (κ3) is 3.46. The molecule has 0 aliphatic carbocycles. The zero-order chi connectivity index (χ0) is 24.9. The first-order chi connectivity index (χ1) is 17.4. The fourth-order valence-electron chi connectivity index (χ4n) is 6.11. The van der Waals surface area contributed by atoms with Crippen molar-refractivity contribution in [1.82, 2.24) is 4.98 Å². The SMILES string of the molecule is Cc1cc(-c2ccc3c(c2)-c2ccccc2[Si]3(c2ccccc2)c2ccccc2)ncc1[Si](C)(C)C. The molecule has 0 amide bonds. The Morgan fingerprint density at radius 3 is 1.81 bits per heavy atom. The van der Waals surface area contributed by atoms with Crippen molar-refractivity contribution in [2.75, 3.05) is 0 Å². The molecule has 1 nitrogen and oxygen atoms in total. The van der Waals surface area contributed by atoms with Crippen LogP contribution in [0.5, 0.6) is 0 Å². The summed E-state index contributed by atoms with van der Waals surface area (Å²) in [6.45, 7) is 9.41. The molecule has 0 spiro atoms. The van der Waals surface area contributed by atoms with Crippen molar-refractivity contribution in [2.45, 2.75) is 26.6 Å². The van der Waals surface area contributed by atoms with Crippen LogP contribution in [0.1, 0.15) is 5.56 Å². The molecule has 6 rings (SSSR count). The Morgan fingerprint density at radius 1 is 0.611 bits per heavy atom. The van der Waals surface area contributed by atoms with Gasteiger partial charge in [-0.15, -0.1) is 0 Å². The molecule has 0 atom stereocenters. The number of nitrogens with zero attached hydrogens (tertiary/aromatic N) is 1. The number of hydrogen-bond acceptors (Lipinski definition) is 1. The molecule has 0 bridgehead atoms. The molecule has 0 unspecified atom stereocenters. The van der Waals surface area contributed by atoms with Gasteiger partial charge in [0.15, 0.2) is 8.07 Å². The zero-order valence-electron chi connectivity index (χ0n) is 21.4. The van der Waals surface area contributed by atoms with Crippen LogP contribution in [0.15, 0.2) is 115 Å². The van der Waals surface area contributed by atoms with Crippen LogP contribution >= 0.6 is 0 Å². The van der Waals surface area contributed by atoms with Crippen LogP contribution in [0, 0.1) is 6.92 Å². The molecule has 0 radical (unpaired) electrons. The first-order valence-electron chi connectivity index (χ1n) is 12.7. The van der Waals surface area contributed by atoms with E-state index >= 15 is 0 Å². The summed E-state index contributed by atoms with van der Waals surface area (Å²) in [4.78, 5) is 4.96. The van der Waals surface area contributed by atoms with Gasteiger partial charge in [-0.05, 0) is 61.7 Å². The number of fused-ring (bicyclic) bond motifs is 3. The van der Waals surface area contributed by atoms with Gasteiger partial charge in [0, 0.05) is 11.8 Å². The summed E-state index contributed by atoms with van der Waals surface area (Å²) in [5.41, 5.74) is 6.34. The lowest BCUT2D eigenvalue weighted by Crippen LogP contribution is -2.72. The quantitative estimate of drug-likeness (QED) is 0.314. The number of aromatic nitrogens is 1. The number of benzene rings is 4. The second-order valence-corrected chi connectivity index (χ2v) is 19.7. The normalized spacial score (nSPS) is 13.8. The van der Waals surface area contributed by atoms with Crippen LogP contribution in [0.25, 0.3) is 22.4 Å². The van der Waals surface area contributed by atoms with Crippen LogP contribution in [-0.2, 0) is 0 Å². The minimum atomic E-state index is -2.41. The van der Waals surface area contributed by atoms with E-state index in [1.807, 2.05) is 0 Å². The van der Waals surface area contributed by atoms with E-state index in [1.54, 1.807) is 0 Å². The summed E-state index contributed by atoms with van der Waals surface area (Å²) < 4.78 is 0. The van der Waals surface area contributed by atoms with Gasteiger partial charge in [-0.3, -0.25) is 4.98 Å². The predicted octanol–water partition coefficient (Wildman–Crippen LogP) is 4.96. The molecule has 1 aromatic heterocycles. The minimum Gasteiger partial charge on any atom is -0.256 e. The second-order valence-electron chi connectivity index (χ2n) is 10.9. The van der Waals surface area contributed by atoms with Gasteiger partial charge in [-0.2, -0.15) is 0 Å². The Bertz CT molecular complexity index is 1530. The Kier molecular flexibility index (Phi) is 5.43. The number of hydrogen-bond donors (Lipinski definition) is 0. The summed E-state index contributed by atoms with van der Waals surface area (Å²) in [5.74, 6) is 0. The van der Waals surface area contributed by atoms with Crippen molar-refractivity contribution in [2.24, 2.45) is 0 Å². The van der Waals surface area contributed by atoms with Gasteiger partial charge in [0.05, 0.1) is 13.8 Å². The molecule has 0 N–H and O–H groups in total. The highest BCUT2D eigenvalue weighted by atomic mass is 28.3. The maximum absolute atomic E-state index is 4.96. The van der Waals surface area contributed by atoms with Gasteiger partial charge in [-0.1, -0.05) is 117 Å². The summed E-state index contributed by atoms with van der Waals surface area (Å²) >= 11 is 0. The van der Waals surface area contributed by atoms with Crippen molar-refractivity contribution >= 4 is 42.1 Å². The Balaban J connectivity index is 1.61. The highest BCUT2D eigenvalue weighted by Gasteiger charge is 2.48. The topological polar surface area (TPSA) is 12.9 Å². The monoisotopic (exact) mass is 497 g/mol. The van der Waals surface area contributed by atoms with Crippen molar-refractivity contribution in [3.8, 4) is 22.4 Å². The summed E-state index contributed by atoms with van der Waals surface area (Å²) in [6.07, 6.45) is 2.13. The van der Waals surface area contributed by atoms with Crippen LogP contribution in [0.4, 0.5) is 0 Å². The lowest BCUT2D eigenvalue weighted by molar-refractivity contribution is 1.30. The fraction of sp³-hybridized carbons (Fsp3) is 0.121. The van der Waals surface area contributed by atoms with E-state index in [9.17, 15) is 0 Å². The standard InChI is InChI=1S/C33H31NSi2/c1-24-21-30(34-23-33(24)35(2,3)4)25-19-20-32-29(22-25)28-17-11-12-18-31(28)36(32,26-13-7-5-8-14-26)27-15-9-6-10-16-27/h5-23H,1-4H3. The van der Waals surface area contributed by atoms with Crippen molar-refractivity contribution in [1.29, 1.82) is 0 Å². The number of rotatable bonds is 4. The Labute approximate surface area is 216 Å². The molecule has 36 heavy (non-hydrogen) atoms. The van der Waals surface area contributed by atoms with Crippen molar-refractivity contribution < 1.29 is 0 Å². The smallest absolute Gasteiger partial charge is 0.180 e. The van der Waals surface area contributed by atoms with E-state index in [2.05, 4.69) is 142 Å². The molecule has 3 heteroatoms. The van der Waals surface area contributed by atoms with Crippen LogP contribution in [0.2, 0.25) is 19.6 Å². The molecule has 0 saturated carbocycles. The molecule has 5 aromatic rings. The summed E-state index contributed by atoms with van der Waals surface area (Å²) in [7, 11) is -3.83. The molecule has 2 heterocycles. The molecular weight excluding hydrogens is 467 g/mol. The Morgan fingerprint density at radius 2 is 1.19 bits per heavy atom. The van der Waals surface area contributed by atoms with Gasteiger partial charge >= 0.3 is 0 Å².